The molecule has 0 fully saturated rings. The van der Waals surface area contributed by atoms with Gasteiger partial charge in [-0.2, -0.15) is 4.98 Å². The summed E-state index contributed by atoms with van der Waals surface area (Å²) in [4.78, 5) is 20.9. The minimum absolute atomic E-state index is 0.0600. The lowest BCUT2D eigenvalue weighted by Crippen LogP contribution is -2.29. The second-order valence-electron chi connectivity index (χ2n) is 7.19. The molecule has 1 aromatic heterocycles. The molecule has 7 heteroatoms. The number of ether oxygens (including phenoxy) is 1. The van der Waals surface area contributed by atoms with Gasteiger partial charge in [0.1, 0.15) is 11.6 Å². The SMILES string of the molecule is COc1ccc(Nc2cc(C)nc(NCCNC(=O)CCCc3ccccc3)n2)cc1. The van der Waals surface area contributed by atoms with Crippen molar-refractivity contribution in [2.75, 3.05) is 30.8 Å². The number of amides is 1. The van der Waals surface area contributed by atoms with E-state index in [1.807, 2.05) is 55.5 Å². The Bertz CT molecular complexity index is 961. The molecule has 0 atom stereocenters. The predicted molar refractivity (Wildman–Crippen MR) is 124 cm³/mol. The minimum atomic E-state index is 0.0600. The van der Waals surface area contributed by atoms with Crippen LogP contribution in [-0.4, -0.2) is 36.1 Å². The highest BCUT2D eigenvalue weighted by Crippen LogP contribution is 2.19. The van der Waals surface area contributed by atoms with Crippen molar-refractivity contribution in [1.29, 1.82) is 0 Å². The van der Waals surface area contributed by atoms with E-state index >= 15 is 0 Å². The first-order valence-electron chi connectivity index (χ1n) is 10.4. The van der Waals surface area contributed by atoms with Crippen molar-refractivity contribution in [2.24, 2.45) is 0 Å². The Balaban J connectivity index is 1.40. The molecule has 3 N–H and O–H groups in total. The van der Waals surface area contributed by atoms with Crippen molar-refractivity contribution in [2.45, 2.75) is 26.2 Å². The number of nitrogens with zero attached hydrogens (tertiary/aromatic N) is 2. The van der Waals surface area contributed by atoms with Gasteiger partial charge in [-0.25, -0.2) is 4.98 Å². The largest absolute Gasteiger partial charge is 0.497 e. The molecule has 0 bridgehead atoms. The summed E-state index contributed by atoms with van der Waals surface area (Å²) in [5, 5.41) is 9.37. The maximum absolute atomic E-state index is 12.0. The van der Waals surface area contributed by atoms with Crippen LogP contribution in [0.3, 0.4) is 0 Å². The van der Waals surface area contributed by atoms with Gasteiger partial charge < -0.3 is 20.7 Å². The molecule has 3 aromatic rings. The zero-order valence-electron chi connectivity index (χ0n) is 18.0. The number of aromatic nitrogens is 2. The van der Waals surface area contributed by atoms with Crippen LogP contribution < -0.4 is 20.7 Å². The fourth-order valence-corrected chi connectivity index (χ4v) is 3.10. The first-order valence-corrected chi connectivity index (χ1v) is 10.4. The van der Waals surface area contributed by atoms with Crippen molar-refractivity contribution >= 4 is 23.4 Å². The molecule has 2 aromatic carbocycles. The van der Waals surface area contributed by atoms with Crippen molar-refractivity contribution in [1.82, 2.24) is 15.3 Å². The quantitative estimate of drug-likeness (QED) is 0.406. The van der Waals surface area contributed by atoms with E-state index in [2.05, 4.69) is 38.1 Å². The predicted octanol–water partition coefficient (Wildman–Crippen LogP) is 4.09. The summed E-state index contributed by atoms with van der Waals surface area (Å²) < 4.78 is 5.18. The molecule has 0 saturated heterocycles. The number of hydrogen-bond donors (Lipinski definition) is 3. The molecule has 1 amide bonds. The van der Waals surface area contributed by atoms with Crippen LogP contribution in [0.2, 0.25) is 0 Å². The summed E-state index contributed by atoms with van der Waals surface area (Å²) in [7, 11) is 1.64. The molecule has 0 saturated carbocycles. The van der Waals surface area contributed by atoms with E-state index < -0.39 is 0 Å². The van der Waals surface area contributed by atoms with Crippen LogP contribution >= 0.6 is 0 Å². The minimum Gasteiger partial charge on any atom is -0.497 e. The Morgan fingerprint density at radius 3 is 2.52 bits per heavy atom. The average molecular weight is 420 g/mol. The first-order chi connectivity index (χ1) is 15.1. The molecule has 0 radical (unpaired) electrons. The van der Waals surface area contributed by atoms with Crippen LogP contribution in [0.15, 0.2) is 60.7 Å². The molecule has 0 aliphatic rings. The second kappa shape index (κ2) is 11.5. The number of carbonyl (C=O) groups excluding carboxylic acids is 1. The Kier molecular flexibility index (Phi) is 8.22. The third kappa shape index (κ3) is 7.62. The van der Waals surface area contributed by atoms with Gasteiger partial charge in [0.05, 0.1) is 7.11 Å². The van der Waals surface area contributed by atoms with Crippen molar-refractivity contribution in [3.63, 3.8) is 0 Å². The number of aryl methyl sites for hydroxylation is 2. The summed E-state index contributed by atoms with van der Waals surface area (Å²) in [6, 6.07) is 19.7. The number of rotatable bonds is 11. The van der Waals surface area contributed by atoms with E-state index in [0.29, 0.717) is 31.3 Å². The highest BCUT2D eigenvalue weighted by atomic mass is 16.5. The standard InChI is InChI=1S/C24H29N5O2/c1-18-17-22(28-20-11-13-21(31-2)14-12-20)29-24(27-18)26-16-15-25-23(30)10-6-9-19-7-4-3-5-8-19/h3-5,7-8,11-14,17H,6,9-10,15-16H2,1-2H3,(H,25,30)(H2,26,27,28,29). The van der Waals surface area contributed by atoms with Gasteiger partial charge in [-0.15, -0.1) is 0 Å². The molecule has 7 nitrogen and oxygen atoms in total. The molecule has 0 aliphatic carbocycles. The average Bonchev–Trinajstić information content (AvgIpc) is 2.78. The van der Waals surface area contributed by atoms with Crippen LogP contribution in [-0.2, 0) is 11.2 Å². The van der Waals surface area contributed by atoms with Gasteiger partial charge in [0.2, 0.25) is 11.9 Å². The normalized spacial score (nSPS) is 10.4. The number of methoxy groups -OCH3 is 1. The lowest BCUT2D eigenvalue weighted by Gasteiger charge is -2.11. The number of hydrogen-bond acceptors (Lipinski definition) is 6. The number of carbonyl (C=O) groups is 1. The third-order valence-electron chi connectivity index (χ3n) is 4.66. The van der Waals surface area contributed by atoms with Crippen molar-refractivity contribution < 1.29 is 9.53 Å². The van der Waals surface area contributed by atoms with Gasteiger partial charge >= 0.3 is 0 Å². The van der Waals surface area contributed by atoms with E-state index in [9.17, 15) is 4.79 Å². The molecule has 3 rings (SSSR count). The van der Waals surface area contributed by atoms with E-state index in [4.69, 9.17) is 4.74 Å². The van der Waals surface area contributed by atoms with Crippen LogP contribution in [0.5, 0.6) is 5.75 Å². The Morgan fingerprint density at radius 2 is 1.77 bits per heavy atom. The van der Waals surface area contributed by atoms with Gasteiger partial charge in [-0.1, -0.05) is 30.3 Å². The lowest BCUT2D eigenvalue weighted by atomic mass is 10.1. The Labute approximate surface area is 183 Å². The molecule has 162 valence electrons. The smallest absolute Gasteiger partial charge is 0.224 e. The first kappa shape index (κ1) is 22.1. The summed E-state index contributed by atoms with van der Waals surface area (Å²) in [5.41, 5.74) is 3.01. The number of benzene rings is 2. The second-order valence-corrected chi connectivity index (χ2v) is 7.19. The van der Waals surface area contributed by atoms with Gasteiger partial charge in [-0.3, -0.25) is 4.79 Å². The van der Waals surface area contributed by atoms with Gasteiger partial charge in [0, 0.05) is 37.0 Å². The van der Waals surface area contributed by atoms with Crippen LogP contribution in [0.25, 0.3) is 0 Å². The fourth-order valence-electron chi connectivity index (χ4n) is 3.10. The summed E-state index contributed by atoms with van der Waals surface area (Å²) in [6.45, 7) is 2.99. The van der Waals surface area contributed by atoms with Crippen LogP contribution in [0.1, 0.15) is 24.1 Å². The van der Waals surface area contributed by atoms with Crippen LogP contribution in [0.4, 0.5) is 17.5 Å². The Hall–Kier alpha value is -3.61. The zero-order valence-corrected chi connectivity index (χ0v) is 18.0. The highest BCUT2D eigenvalue weighted by molar-refractivity contribution is 5.75. The maximum atomic E-state index is 12.0. The molecular weight excluding hydrogens is 390 g/mol. The van der Waals surface area contributed by atoms with Crippen LogP contribution in [0, 0.1) is 6.92 Å². The topological polar surface area (TPSA) is 88.2 Å². The fraction of sp³-hybridized carbons (Fsp3) is 0.292. The number of nitrogens with one attached hydrogen (secondary N) is 3. The zero-order chi connectivity index (χ0) is 21.9. The molecular formula is C24H29N5O2. The summed E-state index contributed by atoms with van der Waals surface area (Å²) in [5.74, 6) is 2.08. The molecule has 0 spiro atoms. The third-order valence-corrected chi connectivity index (χ3v) is 4.66. The van der Waals surface area contributed by atoms with Crippen molar-refractivity contribution in [3.05, 3.63) is 71.9 Å². The Morgan fingerprint density at radius 1 is 1.00 bits per heavy atom. The molecule has 31 heavy (non-hydrogen) atoms. The highest BCUT2D eigenvalue weighted by Gasteiger charge is 2.05. The van der Waals surface area contributed by atoms with E-state index in [0.717, 1.165) is 30.0 Å². The summed E-state index contributed by atoms with van der Waals surface area (Å²) in [6.07, 6.45) is 2.27. The number of anilines is 3. The van der Waals surface area contributed by atoms with Crippen molar-refractivity contribution in [3.8, 4) is 5.75 Å². The van der Waals surface area contributed by atoms with E-state index in [1.165, 1.54) is 5.56 Å². The molecule has 0 unspecified atom stereocenters. The lowest BCUT2D eigenvalue weighted by molar-refractivity contribution is -0.121. The van der Waals surface area contributed by atoms with Gasteiger partial charge in [0.15, 0.2) is 0 Å². The van der Waals surface area contributed by atoms with E-state index in [-0.39, 0.29) is 5.91 Å². The van der Waals surface area contributed by atoms with Gasteiger partial charge in [0.25, 0.3) is 0 Å². The molecule has 0 aliphatic heterocycles. The summed E-state index contributed by atoms with van der Waals surface area (Å²) >= 11 is 0. The maximum Gasteiger partial charge on any atom is 0.224 e. The molecule has 1 heterocycles. The van der Waals surface area contributed by atoms with E-state index in [1.54, 1.807) is 7.11 Å². The van der Waals surface area contributed by atoms with Gasteiger partial charge in [-0.05, 0) is 49.6 Å². The monoisotopic (exact) mass is 419 g/mol.